The van der Waals surface area contributed by atoms with Gasteiger partial charge < -0.3 is 11.1 Å². The summed E-state index contributed by atoms with van der Waals surface area (Å²) in [5.41, 5.74) is 8.33. The van der Waals surface area contributed by atoms with Gasteiger partial charge in [0.05, 0.1) is 0 Å². The molecule has 0 bridgehead atoms. The average Bonchev–Trinajstić information content (AvgIpc) is 2.57. The van der Waals surface area contributed by atoms with E-state index in [9.17, 15) is 4.39 Å². The second kappa shape index (κ2) is 3.54. The van der Waals surface area contributed by atoms with Gasteiger partial charge in [0.1, 0.15) is 5.82 Å². The standard InChI is InChI=1S/C13H17FN2/c14-11-3-1-2-9-10(11)8-13(12(9)15)4-6-16-7-5-13/h1-3,12,16H,4-8,15H2/t12-/m1/s1. The number of hydrogen-bond acceptors (Lipinski definition) is 2. The Morgan fingerprint density at radius 1 is 1.31 bits per heavy atom. The van der Waals surface area contributed by atoms with Crippen LogP contribution in [-0.2, 0) is 6.42 Å². The summed E-state index contributed by atoms with van der Waals surface area (Å²) >= 11 is 0. The zero-order valence-electron chi connectivity index (χ0n) is 9.30. The van der Waals surface area contributed by atoms with Gasteiger partial charge in [-0.3, -0.25) is 0 Å². The Morgan fingerprint density at radius 2 is 2.06 bits per heavy atom. The van der Waals surface area contributed by atoms with E-state index in [0.717, 1.165) is 43.5 Å². The molecule has 1 heterocycles. The molecule has 16 heavy (non-hydrogen) atoms. The molecule has 0 aromatic heterocycles. The van der Waals surface area contributed by atoms with Crippen LogP contribution in [0, 0.1) is 11.2 Å². The number of nitrogens with two attached hydrogens (primary N) is 1. The van der Waals surface area contributed by atoms with Crippen molar-refractivity contribution in [2.75, 3.05) is 13.1 Å². The zero-order valence-corrected chi connectivity index (χ0v) is 9.30. The molecule has 0 saturated carbocycles. The van der Waals surface area contributed by atoms with Gasteiger partial charge in [-0.25, -0.2) is 4.39 Å². The lowest BCUT2D eigenvalue weighted by Gasteiger charge is -2.37. The molecule has 1 aromatic carbocycles. The zero-order chi connectivity index (χ0) is 11.2. The first-order valence-corrected chi connectivity index (χ1v) is 5.97. The number of rotatable bonds is 0. The van der Waals surface area contributed by atoms with Crippen molar-refractivity contribution in [3.8, 4) is 0 Å². The van der Waals surface area contributed by atoms with Gasteiger partial charge in [0.15, 0.2) is 0 Å². The van der Waals surface area contributed by atoms with E-state index in [-0.39, 0.29) is 17.3 Å². The number of benzene rings is 1. The summed E-state index contributed by atoms with van der Waals surface area (Å²) in [6.07, 6.45) is 2.93. The molecule has 3 heteroatoms. The van der Waals surface area contributed by atoms with Gasteiger partial charge >= 0.3 is 0 Å². The lowest BCUT2D eigenvalue weighted by Crippen LogP contribution is -2.42. The highest BCUT2D eigenvalue weighted by molar-refractivity contribution is 5.39. The van der Waals surface area contributed by atoms with Crippen molar-refractivity contribution in [1.82, 2.24) is 5.32 Å². The van der Waals surface area contributed by atoms with Crippen LogP contribution in [0.1, 0.15) is 30.0 Å². The number of piperidine rings is 1. The fourth-order valence-corrected chi connectivity index (χ4v) is 3.26. The summed E-state index contributed by atoms with van der Waals surface area (Å²) in [5.74, 6) is -0.0802. The molecule has 3 rings (SSSR count). The molecule has 1 fully saturated rings. The Hall–Kier alpha value is -0.930. The predicted octanol–water partition coefficient (Wildman–Crippen LogP) is 1.75. The summed E-state index contributed by atoms with van der Waals surface area (Å²) in [5, 5.41) is 3.35. The van der Waals surface area contributed by atoms with E-state index in [1.807, 2.05) is 6.07 Å². The van der Waals surface area contributed by atoms with Crippen LogP contribution >= 0.6 is 0 Å². The van der Waals surface area contributed by atoms with Gasteiger partial charge in [0, 0.05) is 6.04 Å². The minimum Gasteiger partial charge on any atom is -0.323 e. The van der Waals surface area contributed by atoms with Gasteiger partial charge in [0.25, 0.3) is 0 Å². The van der Waals surface area contributed by atoms with Crippen LogP contribution in [0.25, 0.3) is 0 Å². The molecule has 2 nitrogen and oxygen atoms in total. The second-order valence-electron chi connectivity index (χ2n) is 5.07. The largest absolute Gasteiger partial charge is 0.323 e. The molecular formula is C13H17FN2. The third-order valence-corrected chi connectivity index (χ3v) is 4.28. The third-order valence-electron chi connectivity index (χ3n) is 4.28. The topological polar surface area (TPSA) is 38.0 Å². The predicted molar refractivity (Wildman–Crippen MR) is 61.6 cm³/mol. The van der Waals surface area contributed by atoms with Crippen molar-refractivity contribution in [1.29, 1.82) is 0 Å². The maximum Gasteiger partial charge on any atom is 0.126 e. The van der Waals surface area contributed by atoms with Crippen molar-refractivity contribution in [3.05, 3.63) is 35.1 Å². The Labute approximate surface area is 95.0 Å². The van der Waals surface area contributed by atoms with Crippen LogP contribution in [0.2, 0.25) is 0 Å². The highest BCUT2D eigenvalue weighted by Gasteiger charge is 2.45. The Morgan fingerprint density at radius 3 is 2.75 bits per heavy atom. The second-order valence-corrected chi connectivity index (χ2v) is 5.07. The molecule has 0 radical (unpaired) electrons. The summed E-state index contributed by atoms with van der Waals surface area (Å²) in [6, 6.07) is 5.32. The van der Waals surface area contributed by atoms with Crippen molar-refractivity contribution in [3.63, 3.8) is 0 Å². The highest BCUT2D eigenvalue weighted by atomic mass is 19.1. The van der Waals surface area contributed by atoms with Gasteiger partial charge in [-0.05, 0) is 55.0 Å². The molecule has 1 spiro atoms. The van der Waals surface area contributed by atoms with E-state index < -0.39 is 0 Å². The van der Waals surface area contributed by atoms with Crippen molar-refractivity contribution in [2.24, 2.45) is 11.1 Å². The van der Waals surface area contributed by atoms with Crippen molar-refractivity contribution < 1.29 is 4.39 Å². The van der Waals surface area contributed by atoms with Crippen LogP contribution < -0.4 is 11.1 Å². The maximum atomic E-state index is 13.7. The first kappa shape index (κ1) is 10.2. The number of fused-ring (bicyclic) bond motifs is 1. The van der Waals surface area contributed by atoms with Crippen LogP contribution in [0.4, 0.5) is 4.39 Å². The molecule has 1 aromatic rings. The Kier molecular flexibility index (Phi) is 2.26. The molecule has 2 aliphatic rings. The normalized spacial score (nSPS) is 27.0. The van der Waals surface area contributed by atoms with Crippen LogP contribution in [-0.4, -0.2) is 13.1 Å². The number of nitrogens with one attached hydrogen (secondary N) is 1. The first-order chi connectivity index (χ1) is 7.73. The van der Waals surface area contributed by atoms with E-state index >= 15 is 0 Å². The monoisotopic (exact) mass is 220 g/mol. The quantitative estimate of drug-likeness (QED) is 0.699. The highest BCUT2D eigenvalue weighted by Crippen LogP contribution is 2.50. The average molecular weight is 220 g/mol. The molecule has 1 aliphatic carbocycles. The molecule has 1 aliphatic heterocycles. The summed E-state index contributed by atoms with van der Waals surface area (Å²) in [6.45, 7) is 2.01. The third kappa shape index (κ3) is 1.31. The van der Waals surface area contributed by atoms with E-state index in [1.54, 1.807) is 12.1 Å². The summed E-state index contributed by atoms with van der Waals surface area (Å²) in [7, 11) is 0. The molecular weight excluding hydrogens is 203 g/mol. The first-order valence-electron chi connectivity index (χ1n) is 5.97. The van der Waals surface area contributed by atoms with Crippen LogP contribution in [0.15, 0.2) is 18.2 Å². The Bertz CT molecular complexity index is 410. The lowest BCUT2D eigenvalue weighted by atomic mass is 9.73. The van der Waals surface area contributed by atoms with Crippen molar-refractivity contribution >= 4 is 0 Å². The minimum atomic E-state index is -0.0802. The maximum absolute atomic E-state index is 13.7. The van der Waals surface area contributed by atoms with E-state index in [1.165, 1.54) is 0 Å². The fourth-order valence-electron chi connectivity index (χ4n) is 3.26. The van der Waals surface area contributed by atoms with E-state index in [0.29, 0.717) is 0 Å². The van der Waals surface area contributed by atoms with Crippen molar-refractivity contribution in [2.45, 2.75) is 25.3 Å². The van der Waals surface area contributed by atoms with Gasteiger partial charge in [-0.2, -0.15) is 0 Å². The number of hydrogen-bond donors (Lipinski definition) is 2. The summed E-state index contributed by atoms with van der Waals surface area (Å²) < 4.78 is 13.7. The SMILES string of the molecule is N[C@@H]1c2cccc(F)c2CC12CCNCC2. The molecule has 1 saturated heterocycles. The summed E-state index contributed by atoms with van der Waals surface area (Å²) in [4.78, 5) is 0. The Balaban J connectivity index is 2.02. The molecule has 0 amide bonds. The smallest absolute Gasteiger partial charge is 0.126 e. The lowest BCUT2D eigenvalue weighted by molar-refractivity contribution is 0.173. The van der Waals surface area contributed by atoms with Crippen LogP contribution in [0.3, 0.4) is 0 Å². The molecule has 0 unspecified atom stereocenters. The fraction of sp³-hybridized carbons (Fsp3) is 0.538. The molecule has 1 atom stereocenters. The minimum absolute atomic E-state index is 0.0142. The molecule has 86 valence electrons. The van der Waals surface area contributed by atoms with Gasteiger partial charge in [-0.1, -0.05) is 12.1 Å². The van der Waals surface area contributed by atoms with Crippen LogP contribution in [0.5, 0.6) is 0 Å². The van der Waals surface area contributed by atoms with E-state index in [4.69, 9.17) is 5.73 Å². The van der Waals surface area contributed by atoms with Gasteiger partial charge in [0.2, 0.25) is 0 Å². The van der Waals surface area contributed by atoms with E-state index in [2.05, 4.69) is 5.32 Å². The number of halogens is 1. The molecule has 3 N–H and O–H groups in total. The van der Waals surface area contributed by atoms with Gasteiger partial charge in [-0.15, -0.1) is 0 Å².